The van der Waals surface area contributed by atoms with E-state index >= 15 is 0 Å². The number of para-hydroxylation sites is 1. The Morgan fingerprint density at radius 3 is 2.26 bits per heavy atom. The van der Waals surface area contributed by atoms with Gasteiger partial charge in [0.15, 0.2) is 0 Å². The minimum absolute atomic E-state index is 0.0560. The first-order chi connectivity index (χ1) is 12.7. The fraction of sp³-hybridized carbons (Fsp3) is 0.524. The Kier molecular flexibility index (Phi) is 5.18. The molecule has 6 heteroatoms. The first-order valence-electron chi connectivity index (χ1n) is 9.55. The van der Waals surface area contributed by atoms with E-state index in [1.54, 1.807) is 4.90 Å². The van der Waals surface area contributed by atoms with Gasteiger partial charge in [0.05, 0.1) is 6.42 Å². The van der Waals surface area contributed by atoms with Crippen molar-refractivity contribution in [3.8, 4) is 0 Å². The standard InChI is InChI=1S/C21H30N4O2/c1-15-17(16-8-6-7-9-18(16)23(15)5)14-19(26)24-10-12-25(13-11-24)20(27)22-21(2,3)4/h6-9H,10-14H2,1-5H3,(H,22,27). The summed E-state index contributed by atoms with van der Waals surface area (Å²) in [4.78, 5) is 28.8. The molecule has 3 rings (SSSR count). The summed E-state index contributed by atoms with van der Waals surface area (Å²) < 4.78 is 2.15. The quantitative estimate of drug-likeness (QED) is 0.884. The van der Waals surface area contributed by atoms with Crippen LogP contribution in [-0.4, -0.2) is 58.0 Å². The fourth-order valence-electron chi connectivity index (χ4n) is 3.64. The summed E-state index contributed by atoms with van der Waals surface area (Å²) in [6, 6.07) is 8.15. The lowest BCUT2D eigenvalue weighted by molar-refractivity contribution is -0.131. The van der Waals surface area contributed by atoms with E-state index in [0.717, 1.165) is 22.2 Å². The van der Waals surface area contributed by atoms with Crippen LogP contribution in [0.15, 0.2) is 24.3 Å². The minimum atomic E-state index is -0.254. The number of urea groups is 1. The van der Waals surface area contributed by atoms with Crippen molar-refractivity contribution < 1.29 is 9.59 Å². The van der Waals surface area contributed by atoms with Crippen molar-refractivity contribution in [3.63, 3.8) is 0 Å². The number of rotatable bonds is 2. The Morgan fingerprint density at radius 2 is 1.63 bits per heavy atom. The summed E-state index contributed by atoms with van der Waals surface area (Å²) >= 11 is 0. The molecule has 6 nitrogen and oxygen atoms in total. The maximum atomic E-state index is 12.9. The number of benzene rings is 1. The van der Waals surface area contributed by atoms with E-state index in [0.29, 0.717) is 32.6 Å². The van der Waals surface area contributed by atoms with Crippen molar-refractivity contribution in [2.24, 2.45) is 7.05 Å². The van der Waals surface area contributed by atoms with Crippen LogP contribution in [0, 0.1) is 6.92 Å². The molecule has 2 heterocycles. The van der Waals surface area contributed by atoms with E-state index in [4.69, 9.17) is 0 Å². The van der Waals surface area contributed by atoms with Crippen LogP contribution in [0.1, 0.15) is 32.0 Å². The largest absolute Gasteiger partial charge is 0.348 e. The molecule has 1 saturated heterocycles. The second-order valence-corrected chi connectivity index (χ2v) is 8.36. The van der Waals surface area contributed by atoms with Gasteiger partial charge in [-0.25, -0.2) is 4.79 Å². The van der Waals surface area contributed by atoms with Crippen LogP contribution in [-0.2, 0) is 18.3 Å². The van der Waals surface area contributed by atoms with E-state index in [1.807, 2.05) is 44.9 Å². The molecule has 1 aromatic carbocycles. The Balaban J connectivity index is 1.64. The summed E-state index contributed by atoms with van der Waals surface area (Å²) in [5.41, 5.74) is 3.14. The molecule has 0 atom stereocenters. The van der Waals surface area contributed by atoms with Crippen LogP contribution >= 0.6 is 0 Å². The summed E-state index contributed by atoms with van der Waals surface area (Å²) in [7, 11) is 2.04. The van der Waals surface area contributed by atoms with E-state index in [9.17, 15) is 9.59 Å². The number of nitrogens with one attached hydrogen (secondary N) is 1. The number of aromatic nitrogens is 1. The molecule has 1 aromatic heterocycles. The van der Waals surface area contributed by atoms with E-state index in [1.165, 1.54) is 0 Å². The van der Waals surface area contributed by atoms with Crippen molar-refractivity contribution in [2.75, 3.05) is 26.2 Å². The van der Waals surface area contributed by atoms with Gasteiger partial charge in [0.25, 0.3) is 0 Å². The third-order valence-electron chi connectivity index (χ3n) is 5.26. The number of carbonyl (C=O) groups excluding carboxylic acids is 2. The molecule has 1 aliphatic rings. The number of piperazine rings is 1. The van der Waals surface area contributed by atoms with Gasteiger partial charge in [0.2, 0.25) is 5.91 Å². The second kappa shape index (κ2) is 7.25. The molecule has 1 N–H and O–H groups in total. The van der Waals surface area contributed by atoms with Gasteiger partial charge < -0.3 is 19.7 Å². The Morgan fingerprint density at radius 1 is 1.04 bits per heavy atom. The lowest BCUT2D eigenvalue weighted by Crippen LogP contribution is -2.56. The van der Waals surface area contributed by atoms with Gasteiger partial charge in [0, 0.05) is 55.4 Å². The zero-order valence-electron chi connectivity index (χ0n) is 17.0. The molecule has 1 aliphatic heterocycles. The van der Waals surface area contributed by atoms with Crippen LogP contribution in [0.25, 0.3) is 10.9 Å². The lowest BCUT2D eigenvalue weighted by Gasteiger charge is -2.36. The first kappa shape index (κ1) is 19.3. The molecule has 0 radical (unpaired) electrons. The maximum Gasteiger partial charge on any atom is 0.317 e. The summed E-state index contributed by atoms with van der Waals surface area (Å²) in [6.07, 6.45) is 0.404. The van der Waals surface area contributed by atoms with Crippen molar-refractivity contribution >= 4 is 22.8 Å². The molecule has 2 aromatic rings. The molecule has 0 bridgehead atoms. The highest BCUT2D eigenvalue weighted by Crippen LogP contribution is 2.25. The minimum Gasteiger partial charge on any atom is -0.348 e. The average molecular weight is 370 g/mol. The van der Waals surface area contributed by atoms with E-state index in [2.05, 4.69) is 28.9 Å². The van der Waals surface area contributed by atoms with E-state index in [-0.39, 0.29) is 17.5 Å². The topological polar surface area (TPSA) is 57.6 Å². The molecule has 27 heavy (non-hydrogen) atoms. The number of aryl methyl sites for hydroxylation is 1. The number of fused-ring (bicyclic) bond motifs is 1. The molecular weight excluding hydrogens is 340 g/mol. The summed E-state index contributed by atoms with van der Waals surface area (Å²) in [5, 5.41) is 4.13. The fourth-order valence-corrected chi connectivity index (χ4v) is 3.64. The van der Waals surface area contributed by atoms with Gasteiger partial charge in [-0.2, -0.15) is 0 Å². The molecule has 0 saturated carbocycles. The third-order valence-corrected chi connectivity index (χ3v) is 5.26. The van der Waals surface area contributed by atoms with Gasteiger partial charge in [-0.05, 0) is 39.3 Å². The zero-order valence-corrected chi connectivity index (χ0v) is 17.0. The van der Waals surface area contributed by atoms with Crippen molar-refractivity contribution in [2.45, 2.75) is 39.7 Å². The second-order valence-electron chi connectivity index (χ2n) is 8.36. The molecule has 0 unspecified atom stereocenters. The van der Waals surface area contributed by atoms with Crippen molar-refractivity contribution in [1.82, 2.24) is 19.7 Å². The Hall–Kier alpha value is -2.50. The molecule has 0 aliphatic carbocycles. The lowest BCUT2D eigenvalue weighted by atomic mass is 10.1. The SMILES string of the molecule is Cc1c(CC(=O)N2CCN(C(=O)NC(C)(C)C)CC2)c2ccccc2n1C. The smallest absolute Gasteiger partial charge is 0.317 e. The predicted molar refractivity (Wildman–Crippen MR) is 108 cm³/mol. The molecule has 3 amide bonds. The van der Waals surface area contributed by atoms with E-state index < -0.39 is 0 Å². The molecular formula is C21H30N4O2. The number of amides is 3. The third kappa shape index (κ3) is 4.10. The Labute approximate surface area is 161 Å². The van der Waals surface area contributed by atoms with Gasteiger partial charge >= 0.3 is 6.03 Å². The molecule has 146 valence electrons. The molecule has 1 fully saturated rings. The maximum absolute atomic E-state index is 12.9. The molecule has 0 spiro atoms. The number of nitrogens with zero attached hydrogens (tertiary/aromatic N) is 3. The highest BCUT2D eigenvalue weighted by Gasteiger charge is 2.27. The summed E-state index contributed by atoms with van der Waals surface area (Å²) in [5.74, 6) is 0.130. The van der Waals surface area contributed by atoms with Crippen molar-refractivity contribution in [1.29, 1.82) is 0 Å². The normalized spacial score (nSPS) is 15.3. The highest BCUT2D eigenvalue weighted by molar-refractivity contribution is 5.90. The first-order valence-corrected chi connectivity index (χ1v) is 9.55. The number of hydrogen-bond donors (Lipinski definition) is 1. The van der Waals surface area contributed by atoms with Gasteiger partial charge in [0.1, 0.15) is 0 Å². The highest BCUT2D eigenvalue weighted by atomic mass is 16.2. The van der Waals surface area contributed by atoms with Crippen molar-refractivity contribution in [3.05, 3.63) is 35.5 Å². The Bertz CT molecular complexity index is 855. The monoisotopic (exact) mass is 370 g/mol. The number of hydrogen-bond acceptors (Lipinski definition) is 2. The van der Waals surface area contributed by atoms with Crippen LogP contribution in [0.4, 0.5) is 4.79 Å². The van der Waals surface area contributed by atoms with Gasteiger partial charge in [-0.1, -0.05) is 18.2 Å². The summed E-state index contributed by atoms with van der Waals surface area (Å²) in [6.45, 7) is 10.3. The predicted octanol–water partition coefficient (Wildman–Crippen LogP) is 2.68. The average Bonchev–Trinajstić information content (AvgIpc) is 2.86. The van der Waals surface area contributed by atoms with Gasteiger partial charge in [-0.3, -0.25) is 4.79 Å². The van der Waals surface area contributed by atoms with Gasteiger partial charge in [-0.15, -0.1) is 0 Å². The van der Waals surface area contributed by atoms with Crippen LogP contribution in [0.5, 0.6) is 0 Å². The van der Waals surface area contributed by atoms with Crippen LogP contribution in [0.2, 0.25) is 0 Å². The number of carbonyl (C=O) groups is 2. The zero-order chi connectivity index (χ0) is 19.8. The van der Waals surface area contributed by atoms with Crippen LogP contribution < -0.4 is 5.32 Å². The van der Waals surface area contributed by atoms with Crippen LogP contribution in [0.3, 0.4) is 0 Å².